The number of nitrogen functional groups attached to an aromatic ring is 1. The van der Waals surface area contributed by atoms with E-state index in [1.54, 1.807) is 30.1 Å². The maximum atomic E-state index is 11.9. The molecule has 1 unspecified atom stereocenters. The molecule has 14 heavy (non-hydrogen) atoms. The van der Waals surface area contributed by atoms with E-state index in [0.717, 1.165) is 18.6 Å². The molecule has 1 fully saturated rings. The molecule has 1 aromatic rings. The van der Waals surface area contributed by atoms with Crippen molar-refractivity contribution in [3.8, 4) is 0 Å². The van der Waals surface area contributed by atoms with Gasteiger partial charge in [-0.05, 0) is 30.7 Å². The third kappa shape index (κ3) is 1.75. The van der Waals surface area contributed by atoms with Crippen molar-refractivity contribution in [2.24, 2.45) is 0 Å². The van der Waals surface area contributed by atoms with Crippen LogP contribution in [0.1, 0.15) is 23.2 Å². The topological polar surface area (TPSA) is 56.0 Å². The monoisotopic (exact) mass is 208 g/mol. The van der Waals surface area contributed by atoms with Gasteiger partial charge in [-0.1, -0.05) is 0 Å². The first-order chi connectivity index (χ1) is 6.79. The summed E-state index contributed by atoms with van der Waals surface area (Å²) >= 11 is 1.72. The molecule has 0 bridgehead atoms. The van der Waals surface area contributed by atoms with Crippen LogP contribution >= 0.6 is 11.8 Å². The Morgan fingerprint density at radius 3 is 3.14 bits per heavy atom. The van der Waals surface area contributed by atoms with Gasteiger partial charge in [-0.25, -0.2) is 4.98 Å². The second kappa shape index (κ2) is 4.00. The van der Waals surface area contributed by atoms with E-state index >= 15 is 0 Å². The van der Waals surface area contributed by atoms with Crippen molar-refractivity contribution < 1.29 is 4.79 Å². The fraction of sp³-hybridized carbons (Fsp3) is 0.400. The van der Waals surface area contributed by atoms with Gasteiger partial charge < -0.3 is 5.73 Å². The summed E-state index contributed by atoms with van der Waals surface area (Å²) in [6.45, 7) is 0. The highest BCUT2D eigenvalue weighted by molar-refractivity contribution is 8.00. The van der Waals surface area contributed by atoms with Crippen LogP contribution in [0.3, 0.4) is 0 Å². The number of hydrogen-bond acceptors (Lipinski definition) is 4. The SMILES string of the molecule is Nc1ncccc1C(=O)C1CCCS1. The van der Waals surface area contributed by atoms with Gasteiger partial charge in [0.05, 0.1) is 10.8 Å². The number of anilines is 1. The van der Waals surface area contributed by atoms with Crippen LogP contribution in [0, 0.1) is 0 Å². The van der Waals surface area contributed by atoms with Crippen LogP contribution in [0.5, 0.6) is 0 Å². The summed E-state index contributed by atoms with van der Waals surface area (Å²) in [5, 5.41) is 0.0986. The van der Waals surface area contributed by atoms with Gasteiger partial charge in [0.2, 0.25) is 0 Å². The van der Waals surface area contributed by atoms with E-state index < -0.39 is 0 Å². The van der Waals surface area contributed by atoms with E-state index in [1.807, 2.05) is 0 Å². The predicted molar refractivity (Wildman–Crippen MR) is 58.5 cm³/mol. The molecule has 0 saturated carbocycles. The molecule has 1 atom stereocenters. The third-order valence-electron chi connectivity index (χ3n) is 2.33. The zero-order chi connectivity index (χ0) is 9.97. The largest absolute Gasteiger partial charge is 0.383 e. The van der Waals surface area contributed by atoms with Gasteiger partial charge in [-0.3, -0.25) is 4.79 Å². The molecule has 1 aliphatic heterocycles. The second-order valence-corrected chi connectivity index (χ2v) is 4.61. The third-order valence-corrected chi connectivity index (χ3v) is 3.70. The molecular formula is C10H12N2OS. The maximum absolute atomic E-state index is 11.9. The van der Waals surface area contributed by atoms with Crippen LogP contribution in [0.2, 0.25) is 0 Å². The minimum atomic E-state index is 0.0986. The Labute approximate surface area is 87.1 Å². The van der Waals surface area contributed by atoms with Crippen LogP contribution in [-0.4, -0.2) is 21.8 Å². The first kappa shape index (κ1) is 9.52. The maximum Gasteiger partial charge on any atom is 0.179 e. The zero-order valence-corrected chi connectivity index (χ0v) is 8.59. The summed E-state index contributed by atoms with van der Waals surface area (Å²) in [5.74, 6) is 1.57. The predicted octanol–water partition coefficient (Wildman–Crippen LogP) is 1.74. The van der Waals surface area contributed by atoms with E-state index in [1.165, 1.54) is 0 Å². The molecule has 0 aromatic carbocycles. The molecule has 2 heterocycles. The van der Waals surface area contributed by atoms with Crippen molar-refractivity contribution in [1.82, 2.24) is 4.98 Å². The quantitative estimate of drug-likeness (QED) is 0.752. The van der Waals surface area contributed by atoms with Gasteiger partial charge in [-0.2, -0.15) is 11.8 Å². The molecule has 0 amide bonds. The minimum Gasteiger partial charge on any atom is -0.383 e. The summed E-state index contributed by atoms with van der Waals surface area (Å²) < 4.78 is 0. The molecule has 1 saturated heterocycles. The smallest absolute Gasteiger partial charge is 0.179 e. The Bertz CT molecular complexity index is 348. The number of ketones is 1. The van der Waals surface area contributed by atoms with Crippen molar-refractivity contribution in [2.75, 3.05) is 11.5 Å². The van der Waals surface area contributed by atoms with E-state index in [2.05, 4.69) is 4.98 Å². The summed E-state index contributed by atoms with van der Waals surface area (Å²) in [6, 6.07) is 3.51. The van der Waals surface area contributed by atoms with Crippen molar-refractivity contribution >= 4 is 23.4 Å². The standard InChI is InChI=1S/C10H12N2OS/c11-10-7(3-1-5-12-10)9(13)8-4-2-6-14-8/h1,3,5,8H,2,4,6H2,(H2,11,12). The molecule has 0 spiro atoms. The number of aromatic nitrogens is 1. The normalized spacial score (nSPS) is 21.0. The van der Waals surface area contributed by atoms with Crippen LogP contribution in [-0.2, 0) is 0 Å². The lowest BCUT2D eigenvalue weighted by Gasteiger charge is -2.08. The van der Waals surface area contributed by atoms with Gasteiger partial charge >= 0.3 is 0 Å². The zero-order valence-electron chi connectivity index (χ0n) is 7.77. The molecule has 2 N–H and O–H groups in total. The van der Waals surface area contributed by atoms with E-state index in [9.17, 15) is 4.79 Å². The summed E-state index contributed by atoms with van der Waals surface area (Å²) in [6.07, 6.45) is 3.70. The van der Waals surface area contributed by atoms with Gasteiger partial charge in [-0.15, -0.1) is 0 Å². The first-order valence-corrected chi connectivity index (χ1v) is 5.70. The fourth-order valence-corrected chi connectivity index (χ4v) is 2.81. The Kier molecular flexibility index (Phi) is 2.72. The number of carbonyl (C=O) groups is 1. The number of hydrogen-bond donors (Lipinski definition) is 1. The lowest BCUT2D eigenvalue weighted by atomic mass is 10.1. The molecular weight excluding hydrogens is 196 g/mol. The number of pyridine rings is 1. The molecule has 0 aliphatic carbocycles. The Balaban J connectivity index is 2.22. The number of carbonyl (C=O) groups excluding carboxylic acids is 1. The van der Waals surface area contributed by atoms with Crippen molar-refractivity contribution in [3.63, 3.8) is 0 Å². The molecule has 1 aromatic heterocycles. The number of thioether (sulfide) groups is 1. The van der Waals surface area contributed by atoms with Crippen molar-refractivity contribution in [2.45, 2.75) is 18.1 Å². The molecule has 2 rings (SSSR count). The molecule has 3 nitrogen and oxygen atoms in total. The Hall–Kier alpha value is -1.03. The van der Waals surface area contributed by atoms with Crippen LogP contribution < -0.4 is 5.73 Å². The highest BCUT2D eigenvalue weighted by Crippen LogP contribution is 2.29. The van der Waals surface area contributed by atoms with Crippen molar-refractivity contribution in [1.29, 1.82) is 0 Å². The minimum absolute atomic E-state index is 0.0986. The van der Waals surface area contributed by atoms with E-state index in [4.69, 9.17) is 5.73 Å². The lowest BCUT2D eigenvalue weighted by Crippen LogP contribution is -2.16. The Morgan fingerprint density at radius 1 is 1.64 bits per heavy atom. The van der Waals surface area contributed by atoms with Crippen LogP contribution in [0.4, 0.5) is 5.82 Å². The van der Waals surface area contributed by atoms with Gasteiger partial charge in [0.1, 0.15) is 5.82 Å². The molecule has 4 heteroatoms. The summed E-state index contributed by atoms with van der Waals surface area (Å²) in [4.78, 5) is 15.8. The average molecular weight is 208 g/mol. The summed E-state index contributed by atoms with van der Waals surface area (Å²) in [7, 11) is 0. The van der Waals surface area contributed by atoms with Gasteiger partial charge in [0, 0.05) is 6.20 Å². The summed E-state index contributed by atoms with van der Waals surface area (Å²) in [5.41, 5.74) is 6.22. The highest BCUT2D eigenvalue weighted by atomic mass is 32.2. The Morgan fingerprint density at radius 2 is 2.50 bits per heavy atom. The van der Waals surface area contributed by atoms with Crippen LogP contribution in [0.25, 0.3) is 0 Å². The highest BCUT2D eigenvalue weighted by Gasteiger charge is 2.25. The number of nitrogens with two attached hydrogens (primary N) is 1. The molecule has 0 radical (unpaired) electrons. The van der Waals surface area contributed by atoms with E-state index in [-0.39, 0.29) is 11.0 Å². The van der Waals surface area contributed by atoms with E-state index in [0.29, 0.717) is 11.4 Å². The number of Topliss-reactive ketones (excluding diaryl/α,β-unsaturated/α-hetero) is 1. The molecule has 1 aliphatic rings. The average Bonchev–Trinajstić information content (AvgIpc) is 2.70. The van der Waals surface area contributed by atoms with Gasteiger partial charge in [0.25, 0.3) is 0 Å². The molecule has 74 valence electrons. The second-order valence-electron chi connectivity index (χ2n) is 3.30. The first-order valence-electron chi connectivity index (χ1n) is 4.65. The van der Waals surface area contributed by atoms with Crippen molar-refractivity contribution in [3.05, 3.63) is 23.9 Å². The lowest BCUT2D eigenvalue weighted by molar-refractivity contribution is 0.0989. The number of rotatable bonds is 2. The fourth-order valence-electron chi connectivity index (χ4n) is 1.58. The van der Waals surface area contributed by atoms with Gasteiger partial charge in [0.15, 0.2) is 5.78 Å². The number of nitrogens with zero attached hydrogens (tertiary/aromatic N) is 1. The van der Waals surface area contributed by atoms with Crippen LogP contribution in [0.15, 0.2) is 18.3 Å².